The van der Waals surface area contributed by atoms with Gasteiger partial charge in [0, 0.05) is 49.3 Å². The maximum Gasteiger partial charge on any atom is 0.0368 e. The standard InChI is InChI=1S/C32H14Br2S2/c33-15-7-9-19-25(11-15)35-27-13-23-24-14-28-32(20-10-8-16(34)12-26(20)36-28)22-6-2-4-18(30(22)24)17-3-1-5-21(29(17)23)31(19)27/h1-14H. The third-order valence-electron chi connectivity index (χ3n) is 7.70. The monoisotopic (exact) mass is 620 g/mol. The van der Waals surface area contributed by atoms with E-state index in [-0.39, 0.29) is 0 Å². The van der Waals surface area contributed by atoms with Crippen LogP contribution in [0.4, 0.5) is 0 Å². The predicted octanol–water partition coefficient (Wildman–Crippen LogP) is 12.0. The Bertz CT molecular complexity index is 2220. The highest BCUT2D eigenvalue weighted by Crippen LogP contribution is 2.49. The molecule has 0 aliphatic carbocycles. The van der Waals surface area contributed by atoms with E-state index in [9.17, 15) is 0 Å². The molecule has 0 atom stereocenters. The summed E-state index contributed by atoms with van der Waals surface area (Å²) in [7, 11) is 0. The Morgan fingerprint density at radius 3 is 1.28 bits per heavy atom. The van der Waals surface area contributed by atoms with E-state index in [0.29, 0.717) is 0 Å². The normalized spacial score (nSPS) is 12.7. The average molecular weight is 622 g/mol. The number of hydrogen-bond acceptors (Lipinski definition) is 2. The van der Waals surface area contributed by atoms with Gasteiger partial charge in [0.2, 0.25) is 0 Å². The summed E-state index contributed by atoms with van der Waals surface area (Å²) in [6, 6.07) is 32.0. The van der Waals surface area contributed by atoms with Gasteiger partial charge in [-0.2, -0.15) is 0 Å². The van der Waals surface area contributed by atoms with Gasteiger partial charge in [-0.25, -0.2) is 0 Å². The molecule has 36 heavy (non-hydrogen) atoms. The lowest BCUT2D eigenvalue weighted by molar-refractivity contribution is 1.78. The lowest BCUT2D eigenvalue weighted by atomic mass is 9.87. The second-order valence-corrected chi connectivity index (χ2v) is 13.5. The van der Waals surface area contributed by atoms with Gasteiger partial charge in [-0.05, 0) is 79.5 Å². The molecule has 2 aromatic heterocycles. The molecule has 0 N–H and O–H groups in total. The highest BCUT2D eigenvalue weighted by atomic mass is 79.9. The SMILES string of the molecule is Brc1ccc2c(c1)sc1cc3c4cc5sc6cc(Br)ccc6c5c5cccc(c6cccc(c12)c63)c45. The molecule has 4 heteroatoms. The van der Waals surface area contributed by atoms with E-state index in [1.54, 1.807) is 0 Å². The van der Waals surface area contributed by atoms with E-state index in [0.717, 1.165) is 8.95 Å². The Labute approximate surface area is 230 Å². The molecule has 7 aromatic carbocycles. The maximum atomic E-state index is 3.67. The summed E-state index contributed by atoms with van der Waals surface area (Å²) in [5.41, 5.74) is 0. The van der Waals surface area contributed by atoms with Crippen molar-refractivity contribution in [3.05, 3.63) is 93.9 Å². The quantitative estimate of drug-likeness (QED) is 0.117. The molecule has 0 fully saturated rings. The molecule has 168 valence electrons. The Morgan fingerprint density at radius 2 is 0.806 bits per heavy atom. The largest absolute Gasteiger partial charge is 0.135 e. The summed E-state index contributed by atoms with van der Waals surface area (Å²) in [4.78, 5) is 0. The second kappa shape index (κ2) is 6.96. The van der Waals surface area contributed by atoms with Gasteiger partial charge in [0.25, 0.3) is 0 Å². The van der Waals surface area contributed by atoms with Gasteiger partial charge in [-0.1, -0.05) is 80.4 Å². The summed E-state index contributed by atoms with van der Waals surface area (Å²) >= 11 is 11.1. The van der Waals surface area contributed by atoms with E-state index in [2.05, 4.69) is 117 Å². The predicted molar refractivity (Wildman–Crippen MR) is 169 cm³/mol. The van der Waals surface area contributed by atoms with Crippen LogP contribution in [0.2, 0.25) is 0 Å². The molecule has 0 amide bonds. The van der Waals surface area contributed by atoms with Gasteiger partial charge in [0.1, 0.15) is 0 Å². The summed E-state index contributed by atoms with van der Waals surface area (Å²) in [6.45, 7) is 0. The number of rotatable bonds is 0. The van der Waals surface area contributed by atoms with Crippen molar-refractivity contribution < 1.29 is 0 Å². The highest BCUT2D eigenvalue weighted by molar-refractivity contribution is 9.10. The first-order valence-corrected chi connectivity index (χ1v) is 15.0. The minimum absolute atomic E-state index is 1.13. The summed E-state index contributed by atoms with van der Waals surface area (Å²) < 4.78 is 7.64. The van der Waals surface area contributed by atoms with Crippen LogP contribution in [0.5, 0.6) is 0 Å². The molecule has 0 radical (unpaired) electrons. The molecule has 0 spiro atoms. The first kappa shape index (κ1) is 20.3. The van der Waals surface area contributed by atoms with Gasteiger partial charge < -0.3 is 0 Å². The zero-order valence-electron chi connectivity index (χ0n) is 18.7. The van der Waals surface area contributed by atoms with Crippen LogP contribution in [0.15, 0.2) is 93.9 Å². The Hall–Kier alpha value is -2.76. The molecule has 2 heterocycles. The van der Waals surface area contributed by atoms with Gasteiger partial charge in [0.15, 0.2) is 0 Å². The Balaban J connectivity index is 1.60. The fraction of sp³-hybridized carbons (Fsp3) is 0. The van der Waals surface area contributed by atoms with E-state index in [1.165, 1.54) is 83.4 Å². The Morgan fingerprint density at radius 1 is 0.361 bits per heavy atom. The third-order valence-corrected chi connectivity index (χ3v) is 10.9. The number of benzene rings is 7. The van der Waals surface area contributed by atoms with Crippen LogP contribution in [-0.2, 0) is 0 Å². The Kier molecular flexibility index (Phi) is 3.93. The van der Waals surface area contributed by atoms with Gasteiger partial charge in [0.05, 0.1) is 0 Å². The van der Waals surface area contributed by atoms with Crippen molar-refractivity contribution in [2.75, 3.05) is 0 Å². The highest BCUT2D eigenvalue weighted by Gasteiger charge is 2.20. The first-order valence-electron chi connectivity index (χ1n) is 11.8. The van der Waals surface area contributed by atoms with Crippen molar-refractivity contribution >= 4 is 138 Å². The van der Waals surface area contributed by atoms with Crippen LogP contribution in [0.1, 0.15) is 0 Å². The molecule has 0 nitrogen and oxygen atoms in total. The van der Waals surface area contributed by atoms with Crippen LogP contribution < -0.4 is 0 Å². The van der Waals surface area contributed by atoms with Gasteiger partial charge in [-0.15, -0.1) is 22.7 Å². The third kappa shape index (κ3) is 2.48. The lowest BCUT2D eigenvalue weighted by Crippen LogP contribution is -1.87. The van der Waals surface area contributed by atoms with E-state index in [1.807, 2.05) is 22.7 Å². The summed E-state index contributed by atoms with van der Waals surface area (Å²) in [6.07, 6.45) is 0. The minimum atomic E-state index is 1.13. The lowest BCUT2D eigenvalue weighted by Gasteiger charge is -2.16. The number of thiophene rings is 2. The fourth-order valence-corrected chi connectivity index (χ4v) is 9.75. The molecule has 0 saturated heterocycles. The molecule has 0 aliphatic rings. The van der Waals surface area contributed by atoms with Crippen LogP contribution >= 0.6 is 54.5 Å². The van der Waals surface area contributed by atoms with E-state index >= 15 is 0 Å². The minimum Gasteiger partial charge on any atom is -0.135 e. The van der Waals surface area contributed by atoms with Crippen LogP contribution in [0.3, 0.4) is 0 Å². The first-order chi connectivity index (χ1) is 17.7. The van der Waals surface area contributed by atoms with Gasteiger partial charge in [-0.3, -0.25) is 0 Å². The maximum absolute atomic E-state index is 3.67. The van der Waals surface area contributed by atoms with Crippen molar-refractivity contribution in [2.45, 2.75) is 0 Å². The topological polar surface area (TPSA) is 0 Å². The van der Waals surface area contributed by atoms with Crippen molar-refractivity contribution in [3.8, 4) is 0 Å². The summed E-state index contributed by atoms with van der Waals surface area (Å²) in [5.74, 6) is 0. The van der Waals surface area contributed by atoms with Crippen molar-refractivity contribution in [2.24, 2.45) is 0 Å². The molecule has 9 aromatic rings. The van der Waals surface area contributed by atoms with E-state index in [4.69, 9.17) is 0 Å². The fourth-order valence-electron chi connectivity index (χ4n) is 6.32. The molecule has 0 saturated carbocycles. The zero-order valence-corrected chi connectivity index (χ0v) is 23.5. The smallest absolute Gasteiger partial charge is 0.0368 e. The number of halogens is 2. The van der Waals surface area contributed by atoms with Crippen LogP contribution in [0, 0.1) is 0 Å². The van der Waals surface area contributed by atoms with Crippen molar-refractivity contribution in [1.82, 2.24) is 0 Å². The number of hydrogen-bond donors (Lipinski definition) is 0. The van der Waals surface area contributed by atoms with Gasteiger partial charge >= 0.3 is 0 Å². The molecule has 9 rings (SSSR count). The van der Waals surface area contributed by atoms with E-state index < -0.39 is 0 Å². The molecule has 0 aliphatic heterocycles. The summed E-state index contributed by atoms with van der Waals surface area (Å²) in [5, 5.41) is 16.4. The molecular weight excluding hydrogens is 608 g/mol. The molecule has 0 bridgehead atoms. The molecular formula is C32H14Br2S2. The molecule has 0 unspecified atom stereocenters. The van der Waals surface area contributed by atoms with Crippen LogP contribution in [-0.4, -0.2) is 0 Å². The average Bonchev–Trinajstić information content (AvgIpc) is 3.43. The van der Waals surface area contributed by atoms with Crippen LogP contribution in [0.25, 0.3) is 83.4 Å². The number of fused-ring (bicyclic) bond motifs is 10. The van der Waals surface area contributed by atoms with Crippen molar-refractivity contribution in [3.63, 3.8) is 0 Å². The zero-order chi connectivity index (χ0) is 23.7. The van der Waals surface area contributed by atoms with Crippen molar-refractivity contribution in [1.29, 1.82) is 0 Å². The second-order valence-electron chi connectivity index (χ2n) is 9.54.